The van der Waals surface area contributed by atoms with E-state index in [1.807, 2.05) is 11.2 Å². The van der Waals surface area contributed by atoms with Crippen molar-refractivity contribution in [1.82, 2.24) is 4.90 Å². The van der Waals surface area contributed by atoms with Crippen LogP contribution >= 0.6 is 11.2 Å². The second-order valence-corrected chi connectivity index (χ2v) is 4.09. The van der Waals surface area contributed by atoms with E-state index in [0.717, 1.165) is 18.5 Å². The zero-order chi connectivity index (χ0) is 7.56. The minimum absolute atomic E-state index is 0.756. The molecule has 0 N–H and O–H groups in total. The molecule has 0 aliphatic carbocycles. The molecule has 1 atom stereocenters. The topological polar surface area (TPSA) is 3.24 Å². The van der Waals surface area contributed by atoms with Gasteiger partial charge in [0, 0.05) is 11.8 Å². The molecule has 0 saturated carbocycles. The van der Waals surface area contributed by atoms with E-state index < -0.39 is 0 Å². The Bertz CT molecular complexity index is 166. The Kier molecular flexibility index (Phi) is 2.72. The van der Waals surface area contributed by atoms with Crippen LogP contribution in [0.25, 0.3) is 0 Å². The number of hydrogen-bond donors (Lipinski definition) is 0. The Morgan fingerprint density at radius 1 is 1.60 bits per heavy atom. The van der Waals surface area contributed by atoms with Gasteiger partial charge in [-0.05, 0) is 13.0 Å². The minimum Gasteiger partial charge on any atom is -0.291 e. The van der Waals surface area contributed by atoms with Crippen molar-refractivity contribution in [3.05, 3.63) is 0 Å². The van der Waals surface area contributed by atoms with E-state index in [4.69, 9.17) is 0 Å². The first-order chi connectivity index (χ1) is 4.72. The Balaban J connectivity index is 2.55. The molecule has 1 nitrogen and oxygen atoms in total. The molecule has 10 heavy (non-hydrogen) atoms. The summed E-state index contributed by atoms with van der Waals surface area (Å²) in [5, 5.41) is 3.26. The van der Waals surface area contributed by atoms with Gasteiger partial charge in [-0.2, -0.15) is 0 Å². The summed E-state index contributed by atoms with van der Waals surface area (Å²) in [6, 6.07) is 0.756. The van der Waals surface area contributed by atoms with Gasteiger partial charge in [0.1, 0.15) is 0 Å². The van der Waals surface area contributed by atoms with E-state index in [2.05, 4.69) is 31.0 Å². The summed E-state index contributed by atoms with van der Waals surface area (Å²) in [5.74, 6) is 1.99. The predicted molar refractivity (Wildman–Crippen MR) is 47.6 cm³/mol. The first kappa shape index (κ1) is 8.06. The van der Waals surface area contributed by atoms with E-state index in [1.165, 1.54) is 5.75 Å². The molecular formula is C8H15NS. The van der Waals surface area contributed by atoms with Crippen LogP contribution in [0.3, 0.4) is 0 Å². The Morgan fingerprint density at radius 3 is 2.70 bits per heavy atom. The van der Waals surface area contributed by atoms with Crippen LogP contribution in [0.5, 0.6) is 0 Å². The van der Waals surface area contributed by atoms with Gasteiger partial charge in [-0.1, -0.05) is 19.0 Å². The van der Waals surface area contributed by atoms with Crippen molar-refractivity contribution < 1.29 is 0 Å². The van der Waals surface area contributed by atoms with Crippen LogP contribution in [0.15, 0.2) is 0 Å². The lowest BCUT2D eigenvalue weighted by Crippen LogP contribution is -2.39. The highest BCUT2D eigenvalue weighted by Crippen LogP contribution is 2.13. The maximum absolute atomic E-state index is 3.26. The molecule has 0 spiro atoms. The maximum Gasteiger partial charge on any atom is 0.0623 e. The van der Waals surface area contributed by atoms with Crippen molar-refractivity contribution in [2.24, 2.45) is 5.92 Å². The molecule has 0 aromatic heterocycles. The standard InChI is InChI=1S/C8H15NS/c1-7(2)8-6-10-5-4-9(8)3/h7-8H,4,6H2,1-3H3. The van der Waals surface area contributed by atoms with Crippen LogP contribution in [0.1, 0.15) is 13.8 Å². The molecule has 1 unspecified atom stereocenters. The monoisotopic (exact) mass is 157 g/mol. The van der Waals surface area contributed by atoms with Gasteiger partial charge in [-0.25, -0.2) is 0 Å². The van der Waals surface area contributed by atoms with Crippen molar-refractivity contribution in [2.75, 3.05) is 19.3 Å². The van der Waals surface area contributed by atoms with Crippen LogP contribution < -0.4 is 0 Å². The maximum atomic E-state index is 3.26. The molecule has 2 heteroatoms. The summed E-state index contributed by atoms with van der Waals surface area (Å²) in [5.41, 5.74) is 0. The summed E-state index contributed by atoms with van der Waals surface area (Å²) in [6.07, 6.45) is 0. The average molecular weight is 157 g/mol. The zero-order valence-electron chi connectivity index (χ0n) is 6.92. The first-order valence-electron chi connectivity index (χ1n) is 3.76. The Hall–Kier alpha value is -0.0400. The molecule has 1 heterocycles. The van der Waals surface area contributed by atoms with Crippen molar-refractivity contribution in [3.8, 4) is 5.18 Å². The lowest BCUT2D eigenvalue weighted by molar-refractivity contribution is 0.234. The third kappa shape index (κ3) is 1.72. The van der Waals surface area contributed by atoms with Crippen LogP contribution in [0.2, 0.25) is 0 Å². The van der Waals surface area contributed by atoms with Gasteiger partial charge in [-0.15, -0.1) is 11.2 Å². The molecular weight excluding hydrogens is 142 g/mol. The zero-order valence-corrected chi connectivity index (χ0v) is 7.74. The van der Waals surface area contributed by atoms with E-state index in [0.29, 0.717) is 0 Å². The third-order valence-corrected chi connectivity index (χ3v) is 2.85. The highest BCUT2D eigenvalue weighted by molar-refractivity contribution is 7.88. The first-order valence-corrected chi connectivity index (χ1v) is 4.75. The van der Waals surface area contributed by atoms with Crippen LogP contribution in [-0.2, 0) is 0 Å². The smallest absolute Gasteiger partial charge is 0.0623 e. The number of rotatable bonds is 1. The molecule has 0 radical (unpaired) electrons. The van der Waals surface area contributed by atoms with E-state index >= 15 is 0 Å². The molecule has 0 amide bonds. The number of nitrogens with zero attached hydrogens (tertiary/aromatic N) is 1. The van der Waals surface area contributed by atoms with Crippen molar-refractivity contribution in [2.45, 2.75) is 19.9 Å². The molecule has 0 fully saturated rings. The van der Waals surface area contributed by atoms with Crippen molar-refractivity contribution in [1.29, 1.82) is 0 Å². The average Bonchev–Trinajstić information content (AvgIpc) is 1.88. The van der Waals surface area contributed by atoms with E-state index in [-0.39, 0.29) is 0 Å². The van der Waals surface area contributed by atoms with Gasteiger partial charge in [0.25, 0.3) is 0 Å². The normalized spacial score (nSPS) is 27.0. The summed E-state index contributed by atoms with van der Waals surface area (Å²) < 4.78 is 0. The molecule has 1 aliphatic heterocycles. The molecule has 1 aliphatic rings. The number of hydrogen-bond acceptors (Lipinski definition) is 1. The fourth-order valence-corrected chi connectivity index (χ4v) is 2.46. The summed E-state index contributed by atoms with van der Waals surface area (Å²) in [6.45, 7) is 5.59. The fraction of sp³-hybridized carbons (Fsp3) is 0.875. The van der Waals surface area contributed by atoms with Crippen molar-refractivity contribution in [3.63, 3.8) is 0 Å². The highest BCUT2D eigenvalue weighted by atomic mass is 32.1. The predicted octanol–water partition coefficient (Wildman–Crippen LogP) is 1.65. The van der Waals surface area contributed by atoms with Crippen LogP contribution in [0.4, 0.5) is 0 Å². The van der Waals surface area contributed by atoms with E-state index in [9.17, 15) is 0 Å². The van der Waals surface area contributed by atoms with Gasteiger partial charge in [0.05, 0.1) is 6.54 Å². The molecule has 0 aromatic carbocycles. The second kappa shape index (κ2) is 3.38. The summed E-state index contributed by atoms with van der Waals surface area (Å²) in [4.78, 5) is 2.38. The van der Waals surface area contributed by atoms with Gasteiger partial charge in [-0.3, -0.25) is 4.90 Å². The molecule has 58 valence electrons. The Morgan fingerprint density at radius 2 is 2.30 bits per heavy atom. The third-order valence-electron chi connectivity index (χ3n) is 2.01. The molecule has 0 bridgehead atoms. The minimum atomic E-state index is 0.756. The largest absolute Gasteiger partial charge is 0.291 e. The van der Waals surface area contributed by atoms with Gasteiger partial charge >= 0.3 is 0 Å². The molecule has 0 saturated heterocycles. The Labute approximate surface area is 67.0 Å². The van der Waals surface area contributed by atoms with Crippen LogP contribution in [-0.4, -0.2) is 30.3 Å². The van der Waals surface area contributed by atoms with Crippen LogP contribution in [0, 0.1) is 11.1 Å². The SMILES string of the molecule is CC(C)C1CS#CCN1C. The van der Waals surface area contributed by atoms with Gasteiger partial charge in [0.2, 0.25) is 0 Å². The van der Waals surface area contributed by atoms with Crippen molar-refractivity contribution >= 4 is 11.2 Å². The second-order valence-electron chi connectivity index (χ2n) is 3.18. The highest BCUT2D eigenvalue weighted by Gasteiger charge is 2.18. The summed E-state index contributed by atoms with van der Waals surface area (Å²) in [7, 11) is 2.18. The molecule has 0 aromatic rings. The quantitative estimate of drug-likeness (QED) is 0.559. The summed E-state index contributed by atoms with van der Waals surface area (Å²) >= 11 is 1.84. The van der Waals surface area contributed by atoms with Gasteiger partial charge < -0.3 is 0 Å². The fourth-order valence-electron chi connectivity index (χ4n) is 1.24. The molecule has 1 rings (SSSR count). The lowest BCUT2D eigenvalue weighted by Gasteiger charge is -2.29. The van der Waals surface area contributed by atoms with E-state index in [1.54, 1.807) is 0 Å². The van der Waals surface area contributed by atoms with Gasteiger partial charge in [0.15, 0.2) is 0 Å². The lowest BCUT2D eigenvalue weighted by atomic mass is 10.1.